The van der Waals surface area contributed by atoms with Crippen LogP contribution in [0.15, 0.2) is 48.8 Å². The summed E-state index contributed by atoms with van der Waals surface area (Å²) in [5.41, 5.74) is 3.79. The fraction of sp³-hybridized carbons (Fsp3) is 0.400. The normalized spacial score (nSPS) is 15.7. The van der Waals surface area contributed by atoms with Crippen LogP contribution in [0.1, 0.15) is 29.5 Å². The first-order chi connectivity index (χ1) is 12.2. The van der Waals surface area contributed by atoms with Gasteiger partial charge in [-0.05, 0) is 48.6 Å². The van der Waals surface area contributed by atoms with E-state index in [4.69, 9.17) is 0 Å². The first-order valence-corrected chi connectivity index (χ1v) is 8.91. The van der Waals surface area contributed by atoms with E-state index < -0.39 is 0 Å². The molecule has 0 aliphatic carbocycles. The fourth-order valence-electron chi connectivity index (χ4n) is 3.18. The zero-order chi connectivity index (χ0) is 17.5. The number of aryl methyl sites for hydroxylation is 1. The summed E-state index contributed by atoms with van der Waals surface area (Å²) in [6, 6.07) is 12.5. The average molecular weight is 338 g/mol. The first kappa shape index (κ1) is 17.4. The van der Waals surface area contributed by atoms with Crippen LogP contribution >= 0.6 is 0 Å². The summed E-state index contributed by atoms with van der Waals surface area (Å²) in [4.78, 5) is 18.5. The summed E-state index contributed by atoms with van der Waals surface area (Å²) < 4.78 is 0. The highest BCUT2D eigenvalue weighted by Gasteiger charge is 2.20. The molecular weight excluding hydrogens is 312 g/mol. The number of hydrogen-bond donors (Lipinski definition) is 2. The molecular formula is C20H26N4O. The van der Waals surface area contributed by atoms with Crippen molar-refractivity contribution in [1.82, 2.24) is 20.5 Å². The molecule has 2 amide bonds. The van der Waals surface area contributed by atoms with Gasteiger partial charge in [0.05, 0.1) is 0 Å². The molecule has 0 unspecified atom stereocenters. The second kappa shape index (κ2) is 8.62. The molecule has 1 aromatic carbocycles. The zero-order valence-corrected chi connectivity index (χ0v) is 14.7. The van der Waals surface area contributed by atoms with Crippen molar-refractivity contribution in [2.75, 3.05) is 13.1 Å². The van der Waals surface area contributed by atoms with Gasteiger partial charge in [-0.2, -0.15) is 0 Å². The van der Waals surface area contributed by atoms with Crippen molar-refractivity contribution in [3.63, 3.8) is 0 Å². The van der Waals surface area contributed by atoms with Crippen molar-refractivity contribution in [2.24, 2.45) is 0 Å². The quantitative estimate of drug-likeness (QED) is 0.881. The molecule has 3 rings (SSSR count). The number of pyridine rings is 1. The van der Waals surface area contributed by atoms with Crippen LogP contribution in [0.25, 0.3) is 0 Å². The van der Waals surface area contributed by atoms with Crippen LogP contribution in [-0.2, 0) is 13.1 Å². The van der Waals surface area contributed by atoms with Gasteiger partial charge in [0.15, 0.2) is 0 Å². The Balaban J connectivity index is 1.39. The van der Waals surface area contributed by atoms with Gasteiger partial charge >= 0.3 is 6.03 Å². The second-order valence-electron chi connectivity index (χ2n) is 6.66. The zero-order valence-electron chi connectivity index (χ0n) is 14.7. The lowest BCUT2D eigenvalue weighted by molar-refractivity contribution is 0.186. The number of amides is 2. The fourth-order valence-corrected chi connectivity index (χ4v) is 3.18. The van der Waals surface area contributed by atoms with Gasteiger partial charge in [0.25, 0.3) is 0 Å². The molecule has 0 bridgehead atoms. The van der Waals surface area contributed by atoms with E-state index in [-0.39, 0.29) is 12.1 Å². The van der Waals surface area contributed by atoms with Gasteiger partial charge in [0.1, 0.15) is 0 Å². The molecule has 2 aromatic rings. The molecule has 1 aliphatic rings. The molecule has 5 nitrogen and oxygen atoms in total. The Morgan fingerprint density at radius 1 is 1.16 bits per heavy atom. The number of aromatic nitrogens is 1. The van der Waals surface area contributed by atoms with E-state index in [9.17, 15) is 4.79 Å². The number of likely N-dealkylation sites (tertiary alicyclic amines) is 1. The molecule has 2 N–H and O–H groups in total. The first-order valence-electron chi connectivity index (χ1n) is 8.91. The van der Waals surface area contributed by atoms with Gasteiger partial charge in [-0.1, -0.05) is 24.3 Å². The van der Waals surface area contributed by atoms with E-state index in [1.165, 1.54) is 11.1 Å². The third-order valence-electron chi connectivity index (χ3n) is 4.78. The molecule has 132 valence electrons. The molecule has 1 saturated heterocycles. The third-order valence-corrected chi connectivity index (χ3v) is 4.78. The number of hydrogen-bond acceptors (Lipinski definition) is 3. The minimum Gasteiger partial charge on any atom is -0.335 e. The van der Waals surface area contributed by atoms with Crippen LogP contribution < -0.4 is 10.6 Å². The number of carbonyl (C=O) groups is 1. The van der Waals surface area contributed by atoms with Crippen LogP contribution in [0, 0.1) is 6.92 Å². The smallest absolute Gasteiger partial charge is 0.315 e. The molecule has 1 aromatic heterocycles. The van der Waals surface area contributed by atoms with Crippen molar-refractivity contribution in [3.8, 4) is 0 Å². The Bertz CT molecular complexity index is 681. The Labute approximate surface area is 149 Å². The summed E-state index contributed by atoms with van der Waals surface area (Å²) in [7, 11) is 0. The summed E-state index contributed by atoms with van der Waals surface area (Å²) in [5.74, 6) is 0. The molecule has 0 atom stereocenters. The molecule has 0 spiro atoms. The largest absolute Gasteiger partial charge is 0.335 e. The second-order valence-corrected chi connectivity index (χ2v) is 6.66. The van der Waals surface area contributed by atoms with Gasteiger partial charge in [-0.3, -0.25) is 9.88 Å². The van der Waals surface area contributed by atoms with Gasteiger partial charge in [0.2, 0.25) is 0 Å². The summed E-state index contributed by atoms with van der Waals surface area (Å²) in [6.45, 7) is 5.72. The highest BCUT2D eigenvalue weighted by molar-refractivity contribution is 5.74. The standard InChI is InChI=1S/C20H26N4O/c1-16-4-2-3-5-18(16)15-24-12-8-19(9-13-24)23-20(25)22-14-17-6-10-21-11-7-17/h2-7,10-11,19H,8-9,12-15H2,1H3,(H2,22,23,25). The van der Waals surface area contributed by atoms with Gasteiger partial charge < -0.3 is 10.6 Å². The Kier molecular flexibility index (Phi) is 6.01. The Morgan fingerprint density at radius 3 is 2.60 bits per heavy atom. The molecule has 1 aliphatic heterocycles. The van der Waals surface area contributed by atoms with Crippen LogP contribution in [0.4, 0.5) is 4.79 Å². The van der Waals surface area contributed by atoms with E-state index in [0.29, 0.717) is 6.54 Å². The molecule has 2 heterocycles. The summed E-state index contributed by atoms with van der Waals surface area (Å²) in [6.07, 6.45) is 5.46. The highest BCUT2D eigenvalue weighted by Crippen LogP contribution is 2.16. The van der Waals surface area contributed by atoms with Crippen molar-refractivity contribution in [3.05, 3.63) is 65.5 Å². The van der Waals surface area contributed by atoms with Crippen LogP contribution in [0.2, 0.25) is 0 Å². The predicted octanol–water partition coefficient (Wildman–Crippen LogP) is 2.85. The SMILES string of the molecule is Cc1ccccc1CN1CCC(NC(=O)NCc2ccncc2)CC1. The molecule has 0 saturated carbocycles. The summed E-state index contributed by atoms with van der Waals surface area (Å²) in [5, 5.41) is 6.01. The monoisotopic (exact) mass is 338 g/mol. The van der Waals surface area contributed by atoms with Crippen LogP contribution in [0.3, 0.4) is 0 Å². The van der Waals surface area contributed by atoms with E-state index >= 15 is 0 Å². The van der Waals surface area contributed by atoms with Crippen LogP contribution in [0.5, 0.6) is 0 Å². The molecule has 5 heteroatoms. The minimum absolute atomic E-state index is 0.0887. The topological polar surface area (TPSA) is 57.3 Å². The molecule has 25 heavy (non-hydrogen) atoms. The average Bonchev–Trinajstić information content (AvgIpc) is 2.64. The van der Waals surface area contributed by atoms with E-state index in [1.54, 1.807) is 12.4 Å². The number of carbonyl (C=O) groups excluding carboxylic acids is 1. The summed E-state index contributed by atoms with van der Waals surface area (Å²) >= 11 is 0. The van der Waals surface area contributed by atoms with Crippen LogP contribution in [-0.4, -0.2) is 35.0 Å². The molecule has 0 radical (unpaired) electrons. The lowest BCUT2D eigenvalue weighted by atomic mass is 10.0. The highest BCUT2D eigenvalue weighted by atomic mass is 16.2. The number of nitrogens with one attached hydrogen (secondary N) is 2. The lowest BCUT2D eigenvalue weighted by Gasteiger charge is -2.32. The number of urea groups is 1. The number of piperidine rings is 1. The Hall–Kier alpha value is -2.40. The van der Waals surface area contributed by atoms with E-state index in [1.807, 2.05) is 12.1 Å². The maximum atomic E-state index is 12.1. The Morgan fingerprint density at radius 2 is 1.88 bits per heavy atom. The van der Waals surface area contributed by atoms with Gasteiger partial charge in [-0.25, -0.2) is 4.79 Å². The van der Waals surface area contributed by atoms with Crippen molar-refractivity contribution < 1.29 is 4.79 Å². The van der Waals surface area contributed by atoms with Gasteiger partial charge in [0, 0.05) is 44.6 Å². The van der Waals surface area contributed by atoms with E-state index in [0.717, 1.165) is 38.0 Å². The third kappa shape index (κ3) is 5.29. The number of nitrogens with zero attached hydrogens (tertiary/aromatic N) is 2. The predicted molar refractivity (Wildman–Crippen MR) is 99.1 cm³/mol. The lowest BCUT2D eigenvalue weighted by Crippen LogP contribution is -2.47. The van der Waals surface area contributed by atoms with E-state index in [2.05, 4.69) is 51.7 Å². The van der Waals surface area contributed by atoms with Crippen molar-refractivity contribution in [2.45, 2.75) is 38.9 Å². The van der Waals surface area contributed by atoms with Crippen molar-refractivity contribution in [1.29, 1.82) is 0 Å². The minimum atomic E-state index is -0.0887. The number of rotatable bonds is 5. The number of benzene rings is 1. The van der Waals surface area contributed by atoms with Gasteiger partial charge in [-0.15, -0.1) is 0 Å². The maximum Gasteiger partial charge on any atom is 0.315 e. The van der Waals surface area contributed by atoms with Crippen molar-refractivity contribution >= 4 is 6.03 Å². The maximum absolute atomic E-state index is 12.1. The molecule has 1 fully saturated rings.